The average Bonchev–Trinajstić information content (AvgIpc) is 1.43. The lowest BCUT2D eigenvalue weighted by atomic mass is 10.8. The van der Waals surface area contributed by atoms with Crippen molar-refractivity contribution < 1.29 is 30.9 Å². The minimum Gasteiger partial charge on any atom is -0.306 e. The van der Waals surface area contributed by atoms with E-state index in [2.05, 4.69) is 5.50 Å². The zero-order valence-electron chi connectivity index (χ0n) is 6.11. The van der Waals surface area contributed by atoms with Crippen molar-refractivity contribution in [3.05, 3.63) is 0 Å². The number of hydrogen-bond acceptors (Lipinski definition) is 1. The maximum atomic E-state index is 11.5. The van der Waals surface area contributed by atoms with Crippen LogP contribution in [-0.4, -0.2) is 24.7 Å². The Hall–Kier alpha value is -0.230. The van der Waals surface area contributed by atoms with Crippen LogP contribution >= 0.6 is 7.29 Å². The second kappa shape index (κ2) is 3.49. The van der Waals surface area contributed by atoms with Crippen molar-refractivity contribution in [3.8, 4) is 0 Å². The molecule has 0 aliphatic rings. The maximum absolute atomic E-state index is 11.5. The molecule has 0 rings (SSSR count). The monoisotopic (exact) mass is 229 g/mol. The second-order valence-corrected chi connectivity index (χ2v) is 5.04. The van der Waals surface area contributed by atoms with Crippen LogP contribution in [0.25, 0.3) is 0 Å². The minimum atomic E-state index is -4.93. The van der Waals surface area contributed by atoms with Gasteiger partial charge in [-0.2, -0.15) is 26.3 Å². The molecule has 80 valence electrons. The Bertz CT molecular complexity index is 200. The molecule has 0 heterocycles. The van der Waals surface area contributed by atoms with Crippen LogP contribution < -0.4 is 5.50 Å². The summed E-state index contributed by atoms with van der Waals surface area (Å²) >= 11 is 0. The van der Waals surface area contributed by atoms with E-state index in [0.717, 1.165) is 0 Å². The van der Waals surface area contributed by atoms with Gasteiger partial charge in [0.2, 0.25) is 0 Å². The fourth-order valence-electron chi connectivity index (χ4n) is 0.663. The summed E-state index contributed by atoms with van der Waals surface area (Å²) in [6.45, 7) is 0. The van der Waals surface area contributed by atoms with Crippen molar-refractivity contribution in [2.45, 2.75) is 12.4 Å². The van der Waals surface area contributed by atoms with Crippen LogP contribution in [0.2, 0.25) is 0 Å². The molecule has 0 aliphatic carbocycles. The van der Waals surface area contributed by atoms with E-state index in [1.807, 2.05) is 0 Å². The smallest absolute Gasteiger partial charge is 0.306 e. The maximum Gasteiger partial charge on any atom is 0.397 e. The van der Waals surface area contributed by atoms with Gasteiger partial charge in [-0.1, -0.05) is 0 Å². The van der Waals surface area contributed by atoms with Crippen molar-refractivity contribution in [2.75, 3.05) is 12.3 Å². The largest absolute Gasteiger partial charge is 0.397 e. The zero-order valence-corrected chi connectivity index (χ0v) is 7.01. The van der Waals surface area contributed by atoms with Crippen LogP contribution in [-0.2, 0) is 4.57 Å². The number of alkyl halides is 6. The summed E-state index contributed by atoms with van der Waals surface area (Å²) in [7, 11) is -4.69. The zero-order chi connectivity index (χ0) is 10.9. The van der Waals surface area contributed by atoms with E-state index < -0.39 is 32.0 Å². The van der Waals surface area contributed by atoms with Crippen LogP contribution in [0.5, 0.6) is 0 Å². The first-order valence-corrected chi connectivity index (χ1v) is 5.06. The van der Waals surface area contributed by atoms with Gasteiger partial charge in [-0.05, 0) is 0 Å². The molecule has 0 aromatic rings. The van der Waals surface area contributed by atoms with Gasteiger partial charge in [0.15, 0.2) is 7.29 Å². The number of nitrogens with two attached hydrogens (primary N) is 1. The number of rotatable bonds is 2. The third-order valence-corrected chi connectivity index (χ3v) is 2.68. The van der Waals surface area contributed by atoms with E-state index in [9.17, 15) is 30.9 Å². The van der Waals surface area contributed by atoms with Crippen LogP contribution in [0.4, 0.5) is 26.3 Å². The van der Waals surface area contributed by atoms with Crippen LogP contribution in [0.15, 0.2) is 0 Å². The first-order chi connectivity index (χ1) is 5.41. The van der Waals surface area contributed by atoms with E-state index in [1.54, 1.807) is 0 Å². The van der Waals surface area contributed by atoms with Gasteiger partial charge in [-0.3, -0.25) is 5.50 Å². The quantitative estimate of drug-likeness (QED) is 0.583. The van der Waals surface area contributed by atoms with Crippen molar-refractivity contribution in [1.29, 1.82) is 0 Å². The molecule has 0 aromatic carbocycles. The Morgan fingerprint density at radius 1 is 0.923 bits per heavy atom. The van der Waals surface area contributed by atoms with Crippen molar-refractivity contribution >= 4 is 7.29 Å². The highest BCUT2D eigenvalue weighted by Gasteiger charge is 2.43. The summed E-state index contributed by atoms with van der Waals surface area (Å²) < 4.78 is 79.6. The molecule has 0 atom stereocenters. The van der Waals surface area contributed by atoms with Gasteiger partial charge >= 0.3 is 12.4 Å². The van der Waals surface area contributed by atoms with Crippen LogP contribution in [0, 0.1) is 0 Å². The Morgan fingerprint density at radius 3 is 1.31 bits per heavy atom. The molecular formula is C4H6F6NOP. The SMILES string of the molecule is NP(=O)(CC(F)(F)F)CC(F)(F)F. The highest BCUT2D eigenvalue weighted by Crippen LogP contribution is 2.46. The van der Waals surface area contributed by atoms with Crippen molar-refractivity contribution in [3.63, 3.8) is 0 Å². The molecule has 0 amide bonds. The van der Waals surface area contributed by atoms with Gasteiger partial charge < -0.3 is 4.57 Å². The van der Waals surface area contributed by atoms with Crippen molar-refractivity contribution in [2.24, 2.45) is 5.50 Å². The van der Waals surface area contributed by atoms with Gasteiger partial charge in [-0.25, -0.2) is 0 Å². The number of halogens is 6. The Morgan fingerprint density at radius 2 is 1.15 bits per heavy atom. The summed E-state index contributed by atoms with van der Waals surface area (Å²) in [5.41, 5.74) is 4.40. The van der Waals surface area contributed by atoms with Gasteiger partial charge in [0.25, 0.3) is 0 Å². The molecule has 0 fully saturated rings. The molecule has 0 aliphatic heterocycles. The standard InChI is InChI=1S/C4H6F6NOP/c5-3(6,7)1-13(11,12)2-4(8,9)10/h1-2H2,(H2,11,12). The molecule has 0 spiro atoms. The average molecular weight is 229 g/mol. The lowest BCUT2D eigenvalue weighted by Crippen LogP contribution is -2.25. The van der Waals surface area contributed by atoms with E-state index in [-0.39, 0.29) is 0 Å². The summed E-state index contributed by atoms with van der Waals surface area (Å²) in [6, 6.07) is 0. The molecule has 9 heteroatoms. The predicted molar refractivity (Wildman–Crippen MR) is 33.6 cm³/mol. The van der Waals surface area contributed by atoms with E-state index in [4.69, 9.17) is 0 Å². The summed E-state index contributed by atoms with van der Waals surface area (Å²) in [6.07, 6.45) is -14.0. The molecule has 0 bridgehead atoms. The highest BCUT2D eigenvalue weighted by molar-refractivity contribution is 7.61. The van der Waals surface area contributed by atoms with E-state index in [1.165, 1.54) is 0 Å². The van der Waals surface area contributed by atoms with E-state index >= 15 is 0 Å². The Kier molecular flexibility index (Phi) is 3.43. The Labute approximate surface area is 69.5 Å². The van der Waals surface area contributed by atoms with Crippen LogP contribution in [0.1, 0.15) is 0 Å². The predicted octanol–water partition coefficient (Wildman–Crippen LogP) is 2.35. The van der Waals surface area contributed by atoms with Crippen molar-refractivity contribution in [1.82, 2.24) is 0 Å². The molecule has 2 N–H and O–H groups in total. The lowest BCUT2D eigenvalue weighted by Gasteiger charge is -2.16. The summed E-state index contributed by atoms with van der Waals surface area (Å²) in [4.78, 5) is 0. The lowest BCUT2D eigenvalue weighted by molar-refractivity contribution is -0.112. The van der Waals surface area contributed by atoms with Gasteiger partial charge in [-0.15, -0.1) is 0 Å². The normalized spacial score (nSPS) is 14.7. The number of hydrogen-bond donors (Lipinski definition) is 1. The first kappa shape index (κ1) is 12.8. The topological polar surface area (TPSA) is 43.1 Å². The minimum absolute atomic E-state index is 2.08. The fraction of sp³-hybridized carbons (Fsp3) is 1.00. The molecule has 0 radical (unpaired) electrons. The highest BCUT2D eigenvalue weighted by atomic mass is 31.2. The molecule has 13 heavy (non-hydrogen) atoms. The molecule has 2 nitrogen and oxygen atoms in total. The second-order valence-electron chi connectivity index (χ2n) is 2.50. The molecule has 0 aromatic heterocycles. The Balaban J connectivity index is 4.35. The third kappa shape index (κ3) is 8.11. The molecule has 0 saturated carbocycles. The summed E-state index contributed by atoms with van der Waals surface area (Å²) in [5.74, 6) is 0. The first-order valence-electron chi connectivity index (χ1n) is 2.91. The molecule has 0 unspecified atom stereocenters. The van der Waals surface area contributed by atoms with Gasteiger partial charge in [0, 0.05) is 0 Å². The van der Waals surface area contributed by atoms with Gasteiger partial charge in [0.05, 0.1) is 0 Å². The van der Waals surface area contributed by atoms with Gasteiger partial charge in [0.1, 0.15) is 12.3 Å². The fourth-order valence-corrected chi connectivity index (χ4v) is 1.99. The molecular weight excluding hydrogens is 223 g/mol. The van der Waals surface area contributed by atoms with E-state index in [0.29, 0.717) is 0 Å². The molecule has 0 saturated heterocycles. The third-order valence-electron chi connectivity index (χ3n) is 0.894. The van der Waals surface area contributed by atoms with Crippen LogP contribution in [0.3, 0.4) is 0 Å². The summed E-state index contributed by atoms with van der Waals surface area (Å²) in [5, 5.41) is 0.